The predicted molar refractivity (Wildman–Crippen MR) is 74.0 cm³/mol. The van der Waals surface area contributed by atoms with Gasteiger partial charge in [-0.05, 0) is 31.5 Å². The number of alkyl halides is 1. The molecule has 1 amide bonds. The van der Waals surface area contributed by atoms with Crippen LogP contribution in [0.2, 0.25) is 0 Å². The molecule has 0 unspecified atom stereocenters. The molecule has 18 heavy (non-hydrogen) atoms. The standard InChI is InChI=1S/C13H16BrNO3/c1-3-11(14)12(16)15-10-7-5-6-9(8-10)13(17)18-4-2/h5-8,11H,3-4H2,1-2H3,(H,15,16)/t11-/m0/s1. The Morgan fingerprint density at radius 2 is 2.11 bits per heavy atom. The lowest BCUT2D eigenvalue weighted by Crippen LogP contribution is -2.22. The zero-order valence-electron chi connectivity index (χ0n) is 10.4. The molecular weight excluding hydrogens is 298 g/mol. The van der Waals surface area contributed by atoms with Gasteiger partial charge in [-0.25, -0.2) is 4.79 Å². The van der Waals surface area contributed by atoms with E-state index in [-0.39, 0.29) is 16.7 Å². The summed E-state index contributed by atoms with van der Waals surface area (Å²) in [6.45, 7) is 3.99. The van der Waals surface area contributed by atoms with Crippen LogP contribution in [-0.2, 0) is 9.53 Å². The predicted octanol–water partition coefficient (Wildman–Crippen LogP) is 2.98. The first-order valence-electron chi connectivity index (χ1n) is 5.80. The molecule has 0 saturated carbocycles. The summed E-state index contributed by atoms with van der Waals surface area (Å²) in [4.78, 5) is 23.0. The highest BCUT2D eigenvalue weighted by Gasteiger charge is 2.13. The third-order valence-corrected chi connectivity index (χ3v) is 3.35. The Morgan fingerprint density at radius 3 is 2.72 bits per heavy atom. The molecule has 0 fully saturated rings. The highest BCUT2D eigenvalue weighted by molar-refractivity contribution is 9.10. The zero-order chi connectivity index (χ0) is 13.5. The molecule has 1 atom stereocenters. The number of carbonyl (C=O) groups excluding carboxylic acids is 2. The number of rotatable bonds is 5. The van der Waals surface area contributed by atoms with Crippen molar-refractivity contribution in [3.8, 4) is 0 Å². The molecule has 4 nitrogen and oxygen atoms in total. The van der Waals surface area contributed by atoms with Gasteiger partial charge in [-0.3, -0.25) is 4.79 Å². The Hall–Kier alpha value is -1.36. The topological polar surface area (TPSA) is 55.4 Å². The van der Waals surface area contributed by atoms with E-state index in [1.165, 1.54) is 0 Å². The monoisotopic (exact) mass is 313 g/mol. The van der Waals surface area contributed by atoms with Crippen LogP contribution in [0.1, 0.15) is 30.6 Å². The number of esters is 1. The molecule has 0 spiro atoms. The first-order chi connectivity index (χ1) is 8.58. The van der Waals surface area contributed by atoms with Gasteiger partial charge >= 0.3 is 5.97 Å². The molecular formula is C13H16BrNO3. The number of ether oxygens (including phenoxy) is 1. The fourth-order valence-corrected chi connectivity index (χ4v) is 1.46. The Labute approximate surface area is 115 Å². The lowest BCUT2D eigenvalue weighted by molar-refractivity contribution is -0.115. The summed E-state index contributed by atoms with van der Waals surface area (Å²) in [5.74, 6) is -0.516. The molecule has 5 heteroatoms. The van der Waals surface area contributed by atoms with Gasteiger partial charge in [0.1, 0.15) is 0 Å². The van der Waals surface area contributed by atoms with Gasteiger partial charge in [-0.1, -0.05) is 28.9 Å². The van der Waals surface area contributed by atoms with Crippen LogP contribution < -0.4 is 5.32 Å². The minimum atomic E-state index is -0.389. The van der Waals surface area contributed by atoms with Gasteiger partial charge in [-0.15, -0.1) is 0 Å². The molecule has 0 aliphatic carbocycles. The van der Waals surface area contributed by atoms with Crippen molar-refractivity contribution in [2.24, 2.45) is 0 Å². The normalized spacial score (nSPS) is 11.7. The van der Waals surface area contributed by atoms with Gasteiger partial charge in [0.25, 0.3) is 0 Å². The number of carbonyl (C=O) groups is 2. The fourth-order valence-electron chi connectivity index (χ4n) is 1.34. The first-order valence-corrected chi connectivity index (χ1v) is 6.72. The van der Waals surface area contributed by atoms with Crippen LogP contribution in [0, 0.1) is 0 Å². The SMILES string of the molecule is CCOC(=O)c1cccc(NC(=O)[C@@H](Br)CC)c1. The first kappa shape index (κ1) is 14.7. The summed E-state index contributed by atoms with van der Waals surface area (Å²) in [6, 6.07) is 6.69. The maximum Gasteiger partial charge on any atom is 0.338 e. The average Bonchev–Trinajstić information content (AvgIpc) is 2.38. The molecule has 0 aliphatic rings. The number of amides is 1. The number of nitrogens with one attached hydrogen (secondary N) is 1. The highest BCUT2D eigenvalue weighted by Crippen LogP contribution is 2.14. The molecule has 0 aromatic heterocycles. The van der Waals surface area contributed by atoms with Crippen LogP contribution in [-0.4, -0.2) is 23.3 Å². The lowest BCUT2D eigenvalue weighted by atomic mass is 10.2. The van der Waals surface area contributed by atoms with Crippen LogP contribution in [0.25, 0.3) is 0 Å². The zero-order valence-corrected chi connectivity index (χ0v) is 12.0. The van der Waals surface area contributed by atoms with Gasteiger partial charge in [0, 0.05) is 5.69 Å². The maximum atomic E-state index is 11.7. The van der Waals surface area contributed by atoms with E-state index in [0.717, 1.165) is 0 Å². The van der Waals surface area contributed by atoms with Crippen LogP contribution in [0.4, 0.5) is 5.69 Å². The molecule has 1 aromatic rings. The third kappa shape index (κ3) is 4.14. The van der Waals surface area contributed by atoms with E-state index in [1.807, 2.05) is 6.92 Å². The van der Waals surface area contributed by atoms with Gasteiger partial charge < -0.3 is 10.1 Å². The number of halogens is 1. The van der Waals surface area contributed by atoms with Gasteiger partial charge in [0.05, 0.1) is 17.0 Å². The lowest BCUT2D eigenvalue weighted by Gasteiger charge is -2.09. The number of anilines is 1. The Bertz CT molecular complexity index is 434. The summed E-state index contributed by atoms with van der Waals surface area (Å²) in [5, 5.41) is 2.74. The summed E-state index contributed by atoms with van der Waals surface area (Å²) < 4.78 is 4.90. The Kier molecular flexibility index (Phi) is 5.85. The van der Waals surface area contributed by atoms with E-state index in [4.69, 9.17) is 4.74 Å². The van der Waals surface area contributed by atoms with Gasteiger partial charge in [0.2, 0.25) is 5.91 Å². The van der Waals surface area contributed by atoms with Crippen LogP contribution >= 0.6 is 15.9 Å². The molecule has 1 aromatic carbocycles. The number of hydrogen-bond donors (Lipinski definition) is 1. The highest BCUT2D eigenvalue weighted by atomic mass is 79.9. The van der Waals surface area contributed by atoms with E-state index < -0.39 is 0 Å². The van der Waals surface area contributed by atoms with Crippen molar-refractivity contribution in [2.45, 2.75) is 25.1 Å². The van der Waals surface area contributed by atoms with Gasteiger partial charge in [0.15, 0.2) is 0 Å². The molecule has 1 N–H and O–H groups in total. The summed E-state index contributed by atoms with van der Waals surface area (Å²) >= 11 is 3.27. The molecule has 98 valence electrons. The van der Waals surface area contributed by atoms with E-state index in [1.54, 1.807) is 31.2 Å². The molecule has 0 heterocycles. The largest absolute Gasteiger partial charge is 0.462 e. The quantitative estimate of drug-likeness (QED) is 0.671. The van der Waals surface area contributed by atoms with Crippen molar-refractivity contribution >= 4 is 33.5 Å². The Balaban J connectivity index is 2.76. The van der Waals surface area contributed by atoms with Crippen molar-refractivity contribution < 1.29 is 14.3 Å². The van der Waals surface area contributed by atoms with Crippen LogP contribution in [0.15, 0.2) is 24.3 Å². The van der Waals surface area contributed by atoms with Crippen molar-refractivity contribution in [1.82, 2.24) is 0 Å². The number of hydrogen-bond acceptors (Lipinski definition) is 3. The molecule has 0 saturated heterocycles. The van der Waals surface area contributed by atoms with Crippen molar-refractivity contribution in [2.75, 3.05) is 11.9 Å². The smallest absolute Gasteiger partial charge is 0.338 e. The molecule has 0 radical (unpaired) electrons. The molecule has 1 rings (SSSR count). The van der Waals surface area contributed by atoms with Crippen LogP contribution in [0.5, 0.6) is 0 Å². The maximum absolute atomic E-state index is 11.7. The number of benzene rings is 1. The minimum absolute atomic E-state index is 0.126. The Morgan fingerprint density at radius 1 is 1.39 bits per heavy atom. The van der Waals surface area contributed by atoms with Gasteiger partial charge in [-0.2, -0.15) is 0 Å². The third-order valence-electron chi connectivity index (χ3n) is 2.28. The minimum Gasteiger partial charge on any atom is -0.462 e. The van der Waals surface area contributed by atoms with Crippen molar-refractivity contribution in [3.05, 3.63) is 29.8 Å². The fraction of sp³-hybridized carbons (Fsp3) is 0.385. The summed E-state index contributed by atoms with van der Waals surface area (Å²) in [6.07, 6.45) is 0.698. The second-order valence-electron chi connectivity index (χ2n) is 3.67. The van der Waals surface area contributed by atoms with Crippen molar-refractivity contribution in [3.63, 3.8) is 0 Å². The second-order valence-corrected chi connectivity index (χ2v) is 4.77. The van der Waals surface area contributed by atoms with E-state index >= 15 is 0 Å². The van der Waals surface area contributed by atoms with E-state index in [0.29, 0.717) is 24.3 Å². The van der Waals surface area contributed by atoms with E-state index in [2.05, 4.69) is 21.2 Å². The van der Waals surface area contributed by atoms with Crippen LogP contribution in [0.3, 0.4) is 0 Å². The summed E-state index contributed by atoms with van der Waals surface area (Å²) in [5.41, 5.74) is 1.01. The average molecular weight is 314 g/mol. The summed E-state index contributed by atoms with van der Waals surface area (Å²) in [7, 11) is 0. The second kappa shape index (κ2) is 7.16. The molecule has 0 bridgehead atoms. The molecule has 0 aliphatic heterocycles. The van der Waals surface area contributed by atoms with Crippen molar-refractivity contribution in [1.29, 1.82) is 0 Å². The van der Waals surface area contributed by atoms with E-state index in [9.17, 15) is 9.59 Å².